The minimum atomic E-state index is 0.487. The van der Waals surface area contributed by atoms with Gasteiger partial charge in [-0.2, -0.15) is 0 Å². The van der Waals surface area contributed by atoms with Crippen LogP contribution >= 0.6 is 0 Å². The molecular weight excluding hydrogens is 212 g/mol. The van der Waals surface area contributed by atoms with Crippen molar-refractivity contribution in [2.75, 3.05) is 0 Å². The normalized spacial score (nSPS) is 25.8. The van der Waals surface area contributed by atoms with E-state index in [0.717, 1.165) is 24.0 Å². The maximum atomic E-state index is 5.59. The molecule has 0 bridgehead atoms. The van der Waals surface area contributed by atoms with E-state index in [1.807, 2.05) is 12.1 Å². The van der Waals surface area contributed by atoms with Crippen molar-refractivity contribution in [2.24, 2.45) is 11.7 Å². The van der Waals surface area contributed by atoms with Gasteiger partial charge in [-0.05, 0) is 37.3 Å². The molecule has 17 heavy (non-hydrogen) atoms. The first-order valence-corrected chi connectivity index (χ1v) is 6.79. The summed E-state index contributed by atoms with van der Waals surface area (Å²) in [5, 5.41) is 3.60. The van der Waals surface area contributed by atoms with Crippen LogP contribution in [-0.4, -0.2) is 6.04 Å². The van der Waals surface area contributed by atoms with Crippen molar-refractivity contribution in [2.45, 2.75) is 58.2 Å². The van der Waals surface area contributed by atoms with E-state index in [0.29, 0.717) is 12.6 Å². The van der Waals surface area contributed by atoms with Crippen LogP contribution in [0.25, 0.3) is 0 Å². The largest absolute Gasteiger partial charge is 0.463 e. The second-order valence-electron chi connectivity index (χ2n) is 5.26. The molecule has 3 heteroatoms. The Morgan fingerprint density at radius 3 is 2.82 bits per heavy atom. The van der Waals surface area contributed by atoms with E-state index in [4.69, 9.17) is 10.2 Å². The first-order chi connectivity index (χ1) is 8.28. The van der Waals surface area contributed by atoms with E-state index >= 15 is 0 Å². The van der Waals surface area contributed by atoms with Crippen molar-refractivity contribution in [3.8, 4) is 0 Å². The average molecular weight is 236 g/mol. The predicted molar refractivity (Wildman–Crippen MR) is 69.5 cm³/mol. The summed E-state index contributed by atoms with van der Waals surface area (Å²) in [5.74, 6) is 2.77. The molecule has 0 spiro atoms. The molecule has 0 amide bonds. The Morgan fingerprint density at radius 2 is 2.06 bits per heavy atom. The Labute approximate surface area is 104 Å². The summed E-state index contributed by atoms with van der Waals surface area (Å²) in [5.41, 5.74) is 5.52. The lowest BCUT2D eigenvalue weighted by molar-refractivity contribution is 0.400. The maximum Gasteiger partial charge on any atom is 0.118 e. The van der Waals surface area contributed by atoms with E-state index in [-0.39, 0.29) is 0 Å². The lowest BCUT2D eigenvalue weighted by atomic mass is 10.0. The van der Waals surface area contributed by atoms with Gasteiger partial charge in [-0.3, -0.25) is 0 Å². The summed E-state index contributed by atoms with van der Waals surface area (Å²) < 4.78 is 5.59. The fourth-order valence-electron chi connectivity index (χ4n) is 2.56. The van der Waals surface area contributed by atoms with Crippen molar-refractivity contribution >= 4 is 0 Å². The minimum absolute atomic E-state index is 0.487. The van der Waals surface area contributed by atoms with Gasteiger partial charge in [0.15, 0.2) is 0 Å². The maximum absolute atomic E-state index is 5.59. The van der Waals surface area contributed by atoms with Crippen LogP contribution in [0.5, 0.6) is 0 Å². The summed E-state index contributed by atoms with van der Waals surface area (Å²) in [4.78, 5) is 0. The fourth-order valence-corrected chi connectivity index (χ4v) is 2.56. The van der Waals surface area contributed by atoms with Crippen molar-refractivity contribution in [1.29, 1.82) is 0 Å². The molecule has 96 valence electrons. The Morgan fingerprint density at radius 1 is 1.24 bits per heavy atom. The molecule has 0 saturated heterocycles. The van der Waals surface area contributed by atoms with Gasteiger partial charge in [-0.25, -0.2) is 0 Å². The van der Waals surface area contributed by atoms with Gasteiger partial charge >= 0.3 is 0 Å². The van der Waals surface area contributed by atoms with Crippen molar-refractivity contribution < 1.29 is 4.42 Å². The minimum Gasteiger partial charge on any atom is -0.463 e. The van der Waals surface area contributed by atoms with Crippen molar-refractivity contribution in [3.63, 3.8) is 0 Å². The molecule has 1 aromatic rings. The highest BCUT2D eigenvalue weighted by Gasteiger charge is 2.15. The van der Waals surface area contributed by atoms with Crippen LogP contribution in [0, 0.1) is 5.92 Å². The number of nitrogens with two attached hydrogens (primary N) is 1. The zero-order valence-electron chi connectivity index (χ0n) is 10.7. The van der Waals surface area contributed by atoms with Crippen LogP contribution in [0.3, 0.4) is 0 Å². The highest BCUT2D eigenvalue weighted by molar-refractivity contribution is 5.06. The van der Waals surface area contributed by atoms with Crippen LogP contribution in [0.2, 0.25) is 0 Å². The Bertz CT molecular complexity index is 335. The molecular formula is C14H24N2O. The molecule has 1 aliphatic rings. The van der Waals surface area contributed by atoms with E-state index in [1.165, 1.54) is 32.1 Å². The molecule has 0 aliphatic heterocycles. The SMILES string of the molecule is CC1CCCC(NCc2ccc(CN)o2)CC1. The van der Waals surface area contributed by atoms with E-state index in [2.05, 4.69) is 12.2 Å². The van der Waals surface area contributed by atoms with E-state index in [9.17, 15) is 0 Å². The quantitative estimate of drug-likeness (QED) is 0.790. The van der Waals surface area contributed by atoms with Gasteiger partial charge in [0.25, 0.3) is 0 Å². The third-order valence-corrected chi connectivity index (χ3v) is 3.74. The zero-order valence-corrected chi connectivity index (χ0v) is 10.7. The first-order valence-electron chi connectivity index (χ1n) is 6.79. The smallest absolute Gasteiger partial charge is 0.118 e. The van der Waals surface area contributed by atoms with Crippen molar-refractivity contribution in [1.82, 2.24) is 5.32 Å². The number of furan rings is 1. The third kappa shape index (κ3) is 3.86. The van der Waals surface area contributed by atoms with Crippen LogP contribution < -0.4 is 11.1 Å². The molecule has 2 atom stereocenters. The lowest BCUT2D eigenvalue weighted by Crippen LogP contribution is -2.27. The number of hydrogen-bond acceptors (Lipinski definition) is 3. The molecule has 1 saturated carbocycles. The Kier molecular flexibility index (Phi) is 4.63. The average Bonchev–Trinajstić information content (AvgIpc) is 2.70. The molecule has 3 N–H and O–H groups in total. The van der Waals surface area contributed by atoms with Gasteiger partial charge in [0.1, 0.15) is 11.5 Å². The van der Waals surface area contributed by atoms with Crippen molar-refractivity contribution in [3.05, 3.63) is 23.7 Å². The molecule has 3 nitrogen and oxygen atoms in total. The predicted octanol–water partition coefficient (Wildman–Crippen LogP) is 2.80. The molecule has 2 rings (SSSR count). The third-order valence-electron chi connectivity index (χ3n) is 3.74. The molecule has 1 aliphatic carbocycles. The second-order valence-corrected chi connectivity index (χ2v) is 5.26. The zero-order chi connectivity index (χ0) is 12.1. The van der Waals surface area contributed by atoms with Gasteiger partial charge < -0.3 is 15.5 Å². The van der Waals surface area contributed by atoms with Gasteiger partial charge in [-0.1, -0.05) is 19.8 Å². The molecule has 0 radical (unpaired) electrons. The van der Waals surface area contributed by atoms with Crippen LogP contribution in [0.1, 0.15) is 50.5 Å². The standard InChI is InChI=1S/C14H24N2O/c1-11-3-2-4-12(6-5-11)16-10-14-8-7-13(9-15)17-14/h7-8,11-12,16H,2-6,9-10,15H2,1H3. The monoisotopic (exact) mass is 236 g/mol. The number of nitrogens with one attached hydrogen (secondary N) is 1. The summed E-state index contributed by atoms with van der Waals surface area (Å²) in [6, 6.07) is 4.65. The van der Waals surface area contributed by atoms with E-state index in [1.54, 1.807) is 0 Å². The number of hydrogen-bond donors (Lipinski definition) is 2. The van der Waals surface area contributed by atoms with Crippen LogP contribution in [0.4, 0.5) is 0 Å². The lowest BCUT2D eigenvalue weighted by Gasteiger charge is -2.15. The second kappa shape index (κ2) is 6.22. The van der Waals surface area contributed by atoms with Gasteiger partial charge in [-0.15, -0.1) is 0 Å². The fraction of sp³-hybridized carbons (Fsp3) is 0.714. The molecule has 2 unspecified atom stereocenters. The van der Waals surface area contributed by atoms with Gasteiger partial charge in [0, 0.05) is 6.04 Å². The van der Waals surface area contributed by atoms with Crippen LogP contribution in [0.15, 0.2) is 16.5 Å². The van der Waals surface area contributed by atoms with Gasteiger partial charge in [0.05, 0.1) is 13.1 Å². The summed E-state index contributed by atoms with van der Waals surface area (Å²) >= 11 is 0. The highest BCUT2D eigenvalue weighted by atomic mass is 16.3. The summed E-state index contributed by atoms with van der Waals surface area (Å²) in [7, 11) is 0. The molecule has 1 heterocycles. The topological polar surface area (TPSA) is 51.2 Å². The molecule has 0 aromatic carbocycles. The van der Waals surface area contributed by atoms with E-state index < -0.39 is 0 Å². The summed E-state index contributed by atoms with van der Waals surface area (Å²) in [6.07, 6.45) is 6.69. The highest BCUT2D eigenvalue weighted by Crippen LogP contribution is 2.22. The van der Waals surface area contributed by atoms with Gasteiger partial charge in [0.2, 0.25) is 0 Å². The van der Waals surface area contributed by atoms with Crippen LogP contribution in [-0.2, 0) is 13.1 Å². The summed E-state index contributed by atoms with van der Waals surface area (Å²) in [6.45, 7) is 3.68. The molecule has 1 fully saturated rings. The Balaban J connectivity index is 1.77. The molecule has 1 aromatic heterocycles. The Hall–Kier alpha value is -0.800. The number of rotatable bonds is 4. The first kappa shape index (κ1) is 12.7.